The van der Waals surface area contributed by atoms with Gasteiger partial charge in [-0.25, -0.2) is 4.99 Å². The Bertz CT molecular complexity index is 826. The average molecular weight is 570 g/mol. The Hall–Kier alpha value is -2.02. The van der Waals surface area contributed by atoms with Crippen LogP contribution < -0.4 is 15.4 Å². The van der Waals surface area contributed by atoms with Crippen molar-refractivity contribution in [3.63, 3.8) is 0 Å². The highest BCUT2D eigenvalue weighted by Gasteiger charge is 2.31. The van der Waals surface area contributed by atoms with E-state index in [1.54, 1.807) is 12.1 Å². The molecule has 32 heavy (non-hydrogen) atoms. The van der Waals surface area contributed by atoms with Gasteiger partial charge >= 0.3 is 6.36 Å². The molecule has 0 fully saturated rings. The summed E-state index contributed by atoms with van der Waals surface area (Å²) < 4.78 is 45.9. The molecule has 0 amide bonds. The summed E-state index contributed by atoms with van der Waals surface area (Å²) in [6.07, 6.45) is -4.24. The van der Waals surface area contributed by atoms with Gasteiger partial charge in [-0.1, -0.05) is 31.1 Å². The van der Waals surface area contributed by atoms with Crippen molar-refractivity contribution in [2.24, 2.45) is 10.9 Å². The van der Waals surface area contributed by atoms with Crippen molar-refractivity contribution in [2.45, 2.75) is 46.0 Å². The number of nitrogens with one attached hydrogen (secondary N) is 2. The molecule has 0 aliphatic carbocycles. The van der Waals surface area contributed by atoms with E-state index in [9.17, 15) is 18.3 Å². The van der Waals surface area contributed by atoms with Gasteiger partial charge in [-0.3, -0.25) is 0 Å². The van der Waals surface area contributed by atoms with Gasteiger partial charge in [0.05, 0.1) is 5.69 Å². The van der Waals surface area contributed by atoms with Crippen LogP contribution in [0.2, 0.25) is 0 Å². The first-order valence-electron chi connectivity index (χ1n) is 10.1. The first kappa shape index (κ1) is 28.0. The quantitative estimate of drug-likeness (QED) is 0.225. The molecule has 1 aromatic carbocycles. The highest BCUT2D eigenvalue weighted by molar-refractivity contribution is 14.0. The van der Waals surface area contributed by atoms with Crippen molar-refractivity contribution in [3.05, 3.63) is 47.3 Å². The predicted octanol–water partition coefficient (Wildman–Crippen LogP) is 4.22. The lowest BCUT2D eigenvalue weighted by molar-refractivity contribution is -0.274. The summed E-state index contributed by atoms with van der Waals surface area (Å²) in [6.45, 7) is 7.31. The minimum atomic E-state index is -4.72. The molecule has 3 N–H and O–H groups in total. The largest absolute Gasteiger partial charge is 0.573 e. The van der Waals surface area contributed by atoms with E-state index in [4.69, 9.17) is 4.52 Å². The Morgan fingerprint density at radius 3 is 2.44 bits per heavy atom. The van der Waals surface area contributed by atoms with E-state index in [0.29, 0.717) is 37.8 Å². The maximum Gasteiger partial charge on any atom is 0.573 e. The van der Waals surface area contributed by atoms with Crippen molar-refractivity contribution in [3.8, 4) is 5.75 Å². The zero-order valence-electron chi connectivity index (χ0n) is 18.3. The number of nitrogens with zero attached hydrogens (tertiary/aromatic N) is 2. The van der Waals surface area contributed by atoms with E-state index in [0.717, 1.165) is 11.3 Å². The van der Waals surface area contributed by atoms with E-state index >= 15 is 0 Å². The number of aliphatic imine (C=N–C) groups is 1. The molecular formula is C21H30F3IN4O3. The van der Waals surface area contributed by atoms with Gasteiger partial charge in [0.15, 0.2) is 11.7 Å². The number of ether oxygens (including phenoxy) is 1. The van der Waals surface area contributed by atoms with Gasteiger partial charge in [0.2, 0.25) is 0 Å². The highest BCUT2D eigenvalue weighted by Crippen LogP contribution is 2.23. The molecule has 11 heteroatoms. The summed E-state index contributed by atoms with van der Waals surface area (Å²) in [7, 11) is 0. The number of aliphatic hydroxyl groups is 1. The summed E-state index contributed by atoms with van der Waals surface area (Å²) in [6, 6.07) is 7.51. The fourth-order valence-corrected chi connectivity index (χ4v) is 2.78. The Morgan fingerprint density at radius 2 is 1.91 bits per heavy atom. The van der Waals surface area contributed by atoms with Crippen molar-refractivity contribution in [1.29, 1.82) is 0 Å². The number of rotatable bonds is 10. The molecule has 0 saturated carbocycles. The minimum absolute atomic E-state index is 0. The van der Waals surface area contributed by atoms with Crippen LogP contribution in [-0.4, -0.2) is 42.3 Å². The molecular weight excluding hydrogens is 540 g/mol. The lowest BCUT2D eigenvalue weighted by atomic mass is 10.00. The monoisotopic (exact) mass is 570 g/mol. The summed E-state index contributed by atoms with van der Waals surface area (Å²) in [5.74, 6) is 1.06. The molecule has 1 atom stereocenters. The Labute approximate surface area is 202 Å². The van der Waals surface area contributed by atoms with Gasteiger partial charge in [0.25, 0.3) is 0 Å². The first-order chi connectivity index (χ1) is 14.7. The van der Waals surface area contributed by atoms with Crippen molar-refractivity contribution >= 4 is 29.9 Å². The third-order valence-electron chi connectivity index (χ3n) is 4.40. The highest BCUT2D eigenvalue weighted by atomic mass is 127. The van der Waals surface area contributed by atoms with E-state index in [2.05, 4.69) is 25.5 Å². The zero-order chi connectivity index (χ0) is 22.9. The number of aliphatic hydroxyl groups excluding tert-OH is 1. The fraction of sp³-hybridized carbons (Fsp3) is 0.524. The molecule has 1 aromatic heterocycles. The summed E-state index contributed by atoms with van der Waals surface area (Å²) in [4.78, 5) is 4.47. The van der Waals surface area contributed by atoms with Gasteiger partial charge in [-0.15, -0.1) is 37.1 Å². The van der Waals surface area contributed by atoms with Crippen LogP contribution in [0, 0.1) is 5.92 Å². The van der Waals surface area contributed by atoms with Crippen LogP contribution >= 0.6 is 24.0 Å². The number of hydrogen-bond donors (Lipinski definition) is 3. The average Bonchev–Trinajstić information content (AvgIpc) is 3.18. The smallest absolute Gasteiger partial charge is 0.406 e. The van der Waals surface area contributed by atoms with Crippen LogP contribution in [0.4, 0.5) is 13.2 Å². The number of guanidine groups is 1. The van der Waals surface area contributed by atoms with Gasteiger partial charge in [-0.2, -0.15) is 0 Å². The lowest BCUT2D eigenvalue weighted by Gasteiger charge is -2.18. The van der Waals surface area contributed by atoms with E-state index in [1.807, 2.05) is 26.8 Å². The summed E-state index contributed by atoms with van der Waals surface area (Å²) in [5.41, 5.74) is 1.66. The van der Waals surface area contributed by atoms with E-state index in [1.165, 1.54) is 12.1 Å². The second-order valence-electron chi connectivity index (χ2n) is 7.39. The molecule has 0 bridgehead atoms. The molecule has 180 valence electrons. The normalized spacial score (nSPS) is 12.9. The van der Waals surface area contributed by atoms with Crippen LogP contribution in [0.3, 0.4) is 0 Å². The molecule has 0 saturated heterocycles. The molecule has 0 aliphatic heterocycles. The van der Waals surface area contributed by atoms with Crippen LogP contribution in [0.1, 0.15) is 43.7 Å². The number of hydrogen-bond acceptors (Lipinski definition) is 5. The Balaban J connectivity index is 0.00000512. The molecule has 2 aromatic rings. The van der Waals surface area contributed by atoms with Crippen molar-refractivity contribution < 1.29 is 27.5 Å². The molecule has 0 radical (unpaired) electrons. The van der Waals surface area contributed by atoms with Crippen molar-refractivity contribution in [1.82, 2.24) is 15.8 Å². The second kappa shape index (κ2) is 13.5. The molecule has 0 aliphatic rings. The van der Waals surface area contributed by atoms with E-state index < -0.39 is 6.36 Å². The number of benzene rings is 1. The van der Waals surface area contributed by atoms with Crippen LogP contribution in [0.15, 0.2) is 39.8 Å². The molecule has 1 heterocycles. The zero-order valence-corrected chi connectivity index (χ0v) is 20.6. The first-order valence-corrected chi connectivity index (χ1v) is 10.1. The number of halogens is 4. The van der Waals surface area contributed by atoms with Crippen LogP contribution in [0.25, 0.3) is 0 Å². The molecule has 2 rings (SSSR count). The third kappa shape index (κ3) is 10.1. The Morgan fingerprint density at radius 1 is 1.22 bits per heavy atom. The minimum Gasteiger partial charge on any atom is -0.406 e. The summed E-state index contributed by atoms with van der Waals surface area (Å²) in [5, 5.41) is 20.0. The van der Waals surface area contributed by atoms with Crippen LogP contribution in [-0.2, 0) is 13.0 Å². The van der Waals surface area contributed by atoms with Gasteiger partial charge in [-0.05, 0) is 37.0 Å². The maximum absolute atomic E-state index is 12.3. The third-order valence-corrected chi connectivity index (χ3v) is 4.40. The predicted molar refractivity (Wildman–Crippen MR) is 126 cm³/mol. The molecule has 7 nitrogen and oxygen atoms in total. The summed E-state index contributed by atoms with van der Waals surface area (Å²) >= 11 is 0. The topological polar surface area (TPSA) is 91.9 Å². The second-order valence-corrected chi connectivity index (χ2v) is 7.39. The van der Waals surface area contributed by atoms with Gasteiger partial charge in [0, 0.05) is 31.7 Å². The van der Waals surface area contributed by atoms with Gasteiger partial charge in [0.1, 0.15) is 12.3 Å². The standard InChI is InChI=1S/C21H29F3N4O3.HI/c1-4-25-20(27-12-18-10-19(14(2)3)28-31-18)26-11-16(13-29)9-15-5-7-17(8-6-15)30-21(22,23)24;/h5-8,10,14,16,29H,4,9,11-13H2,1-3H3,(H2,25,26,27);1H. The number of aromatic nitrogens is 1. The lowest BCUT2D eigenvalue weighted by Crippen LogP contribution is -2.40. The van der Waals surface area contributed by atoms with Crippen molar-refractivity contribution in [2.75, 3.05) is 19.7 Å². The SMILES string of the molecule is CCNC(=NCc1cc(C(C)C)no1)NCC(CO)Cc1ccc(OC(F)(F)F)cc1.I. The Kier molecular flexibility index (Phi) is 11.8. The fourth-order valence-electron chi connectivity index (χ4n) is 2.78. The molecule has 0 spiro atoms. The number of alkyl halides is 3. The van der Waals surface area contributed by atoms with Crippen LogP contribution in [0.5, 0.6) is 5.75 Å². The maximum atomic E-state index is 12.3. The van der Waals surface area contributed by atoms with Gasteiger partial charge < -0.3 is 25.0 Å². The molecule has 1 unspecified atom stereocenters. The van der Waals surface area contributed by atoms with E-state index in [-0.39, 0.29) is 48.2 Å².